The number of nitrogens with zero attached hydrogens (tertiary/aromatic N) is 2. The molecule has 1 heterocycles. The van der Waals surface area contributed by atoms with E-state index in [4.69, 9.17) is 11.6 Å². The normalized spacial score (nSPS) is 20.4. The number of halogens is 1. The van der Waals surface area contributed by atoms with Crippen molar-refractivity contribution in [3.05, 3.63) is 66.0 Å². The Morgan fingerprint density at radius 1 is 1.33 bits per heavy atom. The molecule has 24 heavy (non-hydrogen) atoms. The Balaban J connectivity index is 2.53. The average molecular weight is 367 g/mol. The summed E-state index contributed by atoms with van der Waals surface area (Å²) in [5.74, 6) is -0.189. The van der Waals surface area contributed by atoms with Crippen LogP contribution in [0.1, 0.15) is 13.8 Å². The van der Waals surface area contributed by atoms with Gasteiger partial charge in [0.2, 0.25) is 5.91 Å². The molecule has 1 unspecified atom stereocenters. The lowest BCUT2D eigenvalue weighted by molar-refractivity contribution is -0.129. The second-order valence-corrected chi connectivity index (χ2v) is 7.76. The van der Waals surface area contributed by atoms with E-state index in [9.17, 15) is 13.2 Å². The first-order chi connectivity index (χ1) is 11.2. The molecule has 1 aliphatic rings. The van der Waals surface area contributed by atoms with Gasteiger partial charge in [0.1, 0.15) is 0 Å². The lowest BCUT2D eigenvalue weighted by atomic mass is 10.1. The van der Waals surface area contributed by atoms with Crippen LogP contribution in [0.5, 0.6) is 0 Å². The van der Waals surface area contributed by atoms with Crippen molar-refractivity contribution < 1.29 is 13.2 Å². The van der Waals surface area contributed by atoms with Gasteiger partial charge in [0.15, 0.2) is 0 Å². The Bertz CT molecular complexity index is 813. The summed E-state index contributed by atoms with van der Waals surface area (Å²) in [6, 6.07) is 5.62. The topological polar surface area (TPSA) is 57.7 Å². The van der Waals surface area contributed by atoms with Gasteiger partial charge in [0.25, 0.3) is 10.0 Å². The van der Waals surface area contributed by atoms with Gasteiger partial charge in [0, 0.05) is 11.9 Å². The molecule has 1 amide bonds. The van der Waals surface area contributed by atoms with Gasteiger partial charge in [0.05, 0.1) is 28.9 Å². The first kappa shape index (κ1) is 18.3. The van der Waals surface area contributed by atoms with Gasteiger partial charge in [-0.1, -0.05) is 30.8 Å². The van der Waals surface area contributed by atoms with E-state index >= 15 is 0 Å². The molecular formula is C17H19ClN2O3S. The smallest absolute Gasteiger partial charge is 0.264 e. The third-order valence-electron chi connectivity index (χ3n) is 3.74. The van der Waals surface area contributed by atoms with Gasteiger partial charge in [-0.15, -0.1) is 0 Å². The first-order valence-electron chi connectivity index (χ1n) is 7.30. The largest absolute Gasteiger partial charge is 0.307 e. The van der Waals surface area contributed by atoms with E-state index in [0.717, 1.165) is 0 Å². The Hall–Kier alpha value is -2.05. The number of carbonyl (C=O) groups is 1. The lowest BCUT2D eigenvalue weighted by Crippen LogP contribution is -2.52. The second kappa shape index (κ2) is 6.83. The van der Waals surface area contributed by atoms with Crippen LogP contribution in [0.2, 0.25) is 5.02 Å². The highest BCUT2D eigenvalue weighted by Gasteiger charge is 2.38. The SMILES string of the molecule is C=C/C=C1\C(=C)N(C(C)=O)C(C)CN1S(=O)(=O)c1ccc(Cl)cc1. The van der Waals surface area contributed by atoms with Gasteiger partial charge in [-0.2, -0.15) is 0 Å². The minimum absolute atomic E-state index is 0.123. The maximum absolute atomic E-state index is 13.0. The van der Waals surface area contributed by atoms with E-state index in [2.05, 4.69) is 13.2 Å². The van der Waals surface area contributed by atoms with Crippen molar-refractivity contribution in [3.8, 4) is 0 Å². The monoisotopic (exact) mass is 366 g/mol. The minimum Gasteiger partial charge on any atom is -0.307 e. The summed E-state index contributed by atoms with van der Waals surface area (Å²) in [5.41, 5.74) is 0.659. The van der Waals surface area contributed by atoms with Crippen LogP contribution in [0.4, 0.5) is 0 Å². The standard InChI is InChI=1S/C17H19ClN2O3S/c1-5-6-17-13(3)20(14(4)21)12(2)11-19(17)24(22,23)16-9-7-15(18)8-10-16/h5-10,12H,1,3,11H2,2,4H3/b17-6+. The highest BCUT2D eigenvalue weighted by molar-refractivity contribution is 7.89. The van der Waals surface area contributed by atoms with Gasteiger partial charge in [-0.05, 0) is 37.3 Å². The molecule has 7 heteroatoms. The average Bonchev–Trinajstić information content (AvgIpc) is 2.50. The summed E-state index contributed by atoms with van der Waals surface area (Å²) in [6.45, 7) is 10.9. The third-order valence-corrected chi connectivity index (χ3v) is 5.79. The molecule has 1 aromatic carbocycles. The molecular weight excluding hydrogens is 348 g/mol. The van der Waals surface area contributed by atoms with Gasteiger partial charge in [-0.3, -0.25) is 9.10 Å². The molecule has 0 spiro atoms. The molecule has 0 radical (unpaired) electrons. The number of benzene rings is 1. The minimum atomic E-state index is -3.81. The molecule has 5 nitrogen and oxygen atoms in total. The molecule has 0 aromatic heterocycles. The van der Waals surface area contributed by atoms with Crippen LogP contribution in [0.25, 0.3) is 0 Å². The van der Waals surface area contributed by atoms with E-state index in [1.807, 2.05) is 0 Å². The van der Waals surface area contributed by atoms with Crippen molar-refractivity contribution in [2.24, 2.45) is 0 Å². The molecule has 1 aromatic rings. The predicted molar refractivity (Wildman–Crippen MR) is 94.7 cm³/mol. The van der Waals surface area contributed by atoms with Gasteiger partial charge < -0.3 is 4.90 Å². The van der Waals surface area contributed by atoms with Crippen molar-refractivity contribution >= 4 is 27.5 Å². The Labute approximate surface area is 147 Å². The Morgan fingerprint density at radius 2 is 1.92 bits per heavy atom. The van der Waals surface area contributed by atoms with E-state index < -0.39 is 10.0 Å². The quantitative estimate of drug-likeness (QED) is 0.825. The lowest BCUT2D eigenvalue weighted by Gasteiger charge is -2.42. The summed E-state index contributed by atoms with van der Waals surface area (Å²) < 4.78 is 27.3. The van der Waals surface area contributed by atoms with Crippen molar-refractivity contribution in [3.63, 3.8) is 0 Å². The Kier molecular flexibility index (Phi) is 5.20. The zero-order chi connectivity index (χ0) is 18.1. The number of carbonyl (C=O) groups excluding carboxylic acids is 1. The summed E-state index contributed by atoms with van der Waals surface area (Å²) in [5, 5.41) is 0.454. The molecule has 1 saturated heterocycles. The molecule has 1 fully saturated rings. The second-order valence-electron chi connectivity index (χ2n) is 5.46. The highest BCUT2D eigenvalue weighted by Crippen LogP contribution is 2.32. The van der Waals surface area contributed by atoms with Gasteiger partial charge >= 0.3 is 0 Å². The zero-order valence-electron chi connectivity index (χ0n) is 13.6. The van der Waals surface area contributed by atoms with Crippen LogP contribution in [0.3, 0.4) is 0 Å². The molecule has 2 rings (SSSR count). The number of sulfonamides is 1. The number of rotatable bonds is 3. The maximum atomic E-state index is 13.0. The fourth-order valence-corrected chi connectivity index (χ4v) is 4.40. The summed E-state index contributed by atoms with van der Waals surface area (Å²) in [7, 11) is -3.81. The zero-order valence-corrected chi connectivity index (χ0v) is 15.1. The molecule has 0 aliphatic carbocycles. The molecule has 1 aliphatic heterocycles. The fourth-order valence-electron chi connectivity index (χ4n) is 2.71. The van der Waals surface area contributed by atoms with Crippen LogP contribution in [-0.4, -0.2) is 36.1 Å². The molecule has 128 valence electrons. The number of allylic oxidation sites excluding steroid dienone is 2. The van der Waals surface area contributed by atoms with Crippen molar-refractivity contribution in [1.82, 2.24) is 9.21 Å². The number of amides is 1. The van der Waals surface area contributed by atoms with E-state index in [1.54, 1.807) is 6.92 Å². The van der Waals surface area contributed by atoms with E-state index in [1.165, 1.54) is 52.5 Å². The van der Waals surface area contributed by atoms with E-state index in [0.29, 0.717) is 16.4 Å². The van der Waals surface area contributed by atoms with Gasteiger partial charge in [-0.25, -0.2) is 8.42 Å². The molecule has 1 atom stereocenters. The van der Waals surface area contributed by atoms with Crippen molar-refractivity contribution in [1.29, 1.82) is 0 Å². The van der Waals surface area contributed by atoms with Crippen LogP contribution in [0.15, 0.2) is 65.9 Å². The van der Waals surface area contributed by atoms with Crippen LogP contribution in [0, 0.1) is 0 Å². The van der Waals surface area contributed by atoms with E-state index in [-0.39, 0.29) is 23.4 Å². The van der Waals surface area contributed by atoms with Crippen molar-refractivity contribution in [2.75, 3.05) is 6.54 Å². The fraction of sp³-hybridized carbons (Fsp3) is 0.235. The predicted octanol–water partition coefficient (Wildman–Crippen LogP) is 3.16. The molecule has 0 bridgehead atoms. The number of hydrogen-bond donors (Lipinski definition) is 0. The summed E-state index contributed by atoms with van der Waals surface area (Å²) in [4.78, 5) is 13.5. The summed E-state index contributed by atoms with van der Waals surface area (Å²) in [6.07, 6.45) is 3.01. The van der Waals surface area contributed by atoms with Crippen LogP contribution < -0.4 is 0 Å². The number of hydrogen-bond acceptors (Lipinski definition) is 3. The van der Waals surface area contributed by atoms with Crippen LogP contribution in [-0.2, 0) is 14.8 Å². The Morgan fingerprint density at radius 3 is 2.42 bits per heavy atom. The van der Waals surface area contributed by atoms with Crippen molar-refractivity contribution in [2.45, 2.75) is 24.8 Å². The van der Waals surface area contributed by atoms with Crippen LogP contribution >= 0.6 is 11.6 Å². The number of piperazine rings is 1. The highest BCUT2D eigenvalue weighted by atomic mass is 35.5. The summed E-state index contributed by atoms with van der Waals surface area (Å²) >= 11 is 5.83. The first-order valence-corrected chi connectivity index (χ1v) is 9.12. The molecule has 0 N–H and O–H groups in total. The maximum Gasteiger partial charge on any atom is 0.264 e. The third kappa shape index (κ3) is 3.25. The molecule has 0 saturated carbocycles.